The number of hydrogen-bond donors (Lipinski definition) is 0. The Morgan fingerprint density at radius 1 is 0.548 bits per heavy atom. The Morgan fingerprint density at radius 3 is 1.29 bits per heavy atom. The van der Waals surface area contributed by atoms with Crippen molar-refractivity contribution in [1.82, 2.24) is 0 Å². The first-order valence-corrected chi connectivity index (χ1v) is 11.5. The van der Waals surface area contributed by atoms with Crippen molar-refractivity contribution >= 4 is 31.7 Å². The Labute approximate surface area is 199 Å². The van der Waals surface area contributed by atoms with E-state index in [0.717, 1.165) is 17.5 Å². The van der Waals surface area contributed by atoms with Crippen molar-refractivity contribution in [3.05, 3.63) is 144 Å². The SMILES string of the molecule is C(#Cc1ccccc1)c1ccccc1.CC/C(=C(\I)c1ccccc1)c1ccccc1. The molecule has 4 aromatic rings. The molecule has 0 atom stereocenters. The predicted octanol–water partition coefficient (Wildman–Crippen LogP) is 8.49. The van der Waals surface area contributed by atoms with E-state index in [1.165, 1.54) is 20.3 Å². The van der Waals surface area contributed by atoms with Crippen LogP contribution in [0.25, 0.3) is 9.15 Å². The lowest BCUT2D eigenvalue weighted by Crippen LogP contribution is -1.86. The molecule has 0 aliphatic rings. The lowest BCUT2D eigenvalue weighted by Gasteiger charge is -2.09. The van der Waals surface area contributed by atoms with Gasteiger partial charge in [0.05, 0.1) is 0 Å². The summed E-state index contributed by atoms with van der Waals surface area (Å²) in [5.41, 5.74) is 6.14. The molecule has 0 nitrogen and oxygen atoms in total. The Morgan fingerprint density at radius 2 is 0.903 bits per heavy atom. The third kappa shape index (κ3) is 7.27. The Kier molecular flexibility index (Phi) is 9.16. The predicted molar refractivity (Wildman–Crippen MR) is 143 cm³/mol. The Bertz CT molecular complexity index is 1090. The fraction of sp³-hybridized carbons (Fsp3) is 0.0667. The summed E-state index contributed by atoms with van der Waals surface area (Å²) >= 11 is 2.45. The standard InChI is InChI=1S/C16H15I.C14H10/c1-2-15(13-9-5-3-6-10-13)16(17)14-11-7-4-8-12-14;1-3-7-13(8-4-1)11-12-14-9-5-2-6-10-14/h3-12H,2H2,1H3;1-10H/b16-15+;. The monoisotopic (exact) mass is 512 g/mol. The molecule has 0 saturated heterocycles. The Balaban J connectivity index is 0.000000179. The van der Waals surface area contributed by atoms with Gasteiger partial charge in [0, 0.05) is 14.7 Å². The molecular formula is C30H25I. The summed E-state index contributed by atoms with van der Waals surface area (Å²) in [5, 5.41) is 0. The number of rotatable bonds is 3. The molecule has 4 rings (SSSR count). The minimum Gasteiger partial charge on any atom is -0.0622 e. The van der Waals surface area contributed by atoms with Crippen LogP contribution in [0.3, 0.4) is 0 Å². The van der Waals surface area contributed by atoms with Crippen LogP contribution in [0.4, 0.5) is 0 Å². The van der Waals surface area contributed by atoms with Crippen molar-refractivity contribution in [1.29, 1.82) is 0 Å². The molecule has 0 unspecified atom stereocenters. The van der Waals surface area contributed by atoms with Gasteiger partial charge in [0.1, 0.15) is 0 Å². The first-order chi connectivity index (χ1) is 15.3. The molecule has 4 aromatic carbocycles. The van der Waals surface area contributed by atoms with Gasteiger partial charge in [-0.25, -0.2) is 0 Å². The topological polar surface area (TPSA) is 0 Å². The number of benzene rings is 4. The molecular weight excluding hydrogens is 487 g/mol. The van der Waals surface area contributed by atoms with Crippen LogP contribution in [-0.2, 0) is 0 Å². The molecule has 0 amide bonds. The van der Waals surface area contributed by atoms with Crippen molar-refractivity contribution in [2.75, 3.05) is 0 Å². The lowest BCUT2D eigenvalue weighted by atomic mass is 10.0. The Hall–Kier alpha value is -3.09. The zero-order valence-electron chi connectivity index (χ0n) is 17.6. The molecule has 1 heteroatoms. The van der Waals surface area contributed by atoms with E-state index in [-0.39, 0.29) is 0 Å². The van der Waals surface area contributed by atoms with Crippen LogP contribution in [0.5, 0.6) is 0 Å². The first-order valence-electron chi connectivity index (χ1n) is 10.4. The number of allylic oxidation sites excluding steroid dienone is 1. The summed E-state index contributed by atoms with van der Waals surface area (Å²) in [4.78, 5) is 0. The van der Waals surface area contributed by atoms with Crippen molar-refractivity contribution in [2.45, 2.75) is 13.3 Å². The fourth-order valence-corrected chi connectivity index (χ4v) is 4.12. The van der Waals surface area contributed by atoms with E-state index in [1.54, 1.807) is 0 Å². The highest BCUT2D eigenvalue weighted by Gasteiger charge is 2.06. The van der Waals surface area contributed by atoms with Gasteiger partial charge in [-0.3, -0.25) is 0 Å². The normalized spacial score (nSPS) is 10.6. The van der Waals surface area contributed by atoms with E-state index in [9.17, 15) is 0 Å². The average Bonchev–Trinajstić information content (AvgIpc) is 2.86. The van der Waals surface area contributed by atoms with Gasteiger partial charge >= 0.3 is 0 Å². The molecule has 0 aliphatic heterocycles. The summed E-state index contributed by atoms with van der Waals surface area (Å²) in [7, 11) is 0. The van der Waals surface area contributed by atoms with Crippen LogP contribution in [-0.4, -0.2) is 0 Å². The molecule has 0 aliphatic carbocycles. The highest BCUT2D eigenvalue weighted by Crippen LogP contribution is 2.33. The first kappa shape index (κ1) is 22.6. The maximum Gasteiger partial charge on any atom is 0.0249 e. The van der Waals surface area contributed by atoms with Gasteiger partial charge < -0.3 is 0 Å². The largest absolute Gasteiger partial charge is 0.0622 e. The van der Waals surface area contributed by atoms with Gasteiger partial charge in [0.25, 0.3) is 0 Å². The molecule has 152 valence electrons. The second-order valence-corrected chi connectivity index (χ2v) is 7.94. The van der Waals surface area contributed by atoms with E-state index < -0.39 is 0 Å². The van der Waals surface area contributed by atoms with Crippen molar-refractivity contribution in [3.63, 3.8) is 0 Å². The van der Waals surface area contributed by atoms with Gasteiger partial charge in [-0.15, -0.1) is 0 Å². The molecule has 0 spiro atoms. The summed E-state index contributed by atoms with van der Waals surface area (Å²) in [6, 6.07) is 41.2. The van der Waals surface area contributed by atoms with Gasteiger partial charge in [-0.2, -0.15) is 0 Å². The second kappa shape index (κ2) is 12.6. The maximum atomic E-state index is 3.11. The number of hydrogen-bond acceptors (Lipinski definition) is 0. The molecule has 0 fully saturated rings. The van der Waals surface area contributed by atoms with Crippen molar-refractivity contribution < 1.29 is 0 Å². The molecule has 0 heterocycles. The minimum atomic E-state index is 1.05. The van der Waals surface area contributed by atoms with Crippen LogP contribution in [0.2, 0.25) is 0 Å². The molecule has 0 radical (unpaired) electrons. The lowest BCUT2D eigenvalue weighted by molar-refractivity contribution is 1.25. The summed E-state index contributed by atoms with van der Waals surface area (Å²) < 4.78 is 1.34. The van der Waals surface area contributed by atoms with Crippen molar-refractivity contribution in [3.8, 4) is 11.8 Å². The second-order valence-electron chi connectivity index (χ2n) is 6.86. The van der Waals surface area contributed by atoms with Gasteiger partial charge in [0.15, 0.2) is 0 Å². The summed E-state index contributed by atoms with van der Waals surface area (Å²) in [6.07, 6.45) is 1.05. The van der Waals surface area contributed by atoms with E-state index in [4.69, 9.17) is 0 Å². The van der Waals surface area contributed by atoms with Crippen LogP contribution >= 0.6 is 22.6 Å². The third-order valence-electron chi connectivity index (χ3n) is 4.67. The van der Waals surface area contributed by atoms with Crippen LogP contribution in [0.15, 0.2) is 121 Å². The summed E-state index contributed by atoms with van der Waals surface area (Å²) in [5.74, 6) is 6.22. The van der Waals surface area contributed by atoms with E-state index in [0.29, 0.717) is 0 Å². The van der Waals surface area contributed by atoms with Gasteiger partial charge in [-0.05, 0) is 70.0 Å². The van der Waals surface area contributed by atoms with Crippen LogP contribution < -0.4 is 0 Å². The fourth-order valence-electron chi connectivity index (χ4n) is 3.07. The molecule has 0 saturated carbocycles. The van der Waals surface area contributed by atoms with E-state index >= 15 is 0 Å². The zero-order valence-corrected chi connectivity index (χ0v) is 19.8. The van der Waals surface area contributed by atoms with Gasteiger partial charge in [-0.1, -0.05) is 116 Å². The third-order valence-corrected chi connectivity index (χ3v) is 5.94. The molecule has 0 aromatic heterocycles. The quantitative estimate of drug-likeness (QED) is 0.147. The zero-order chi connectivity index (χ0) is 21.7. The van der Waals surface area contributed by atoms with Crippen molar-refractivity contribution in [2.24, 2.45) is 0 Å². The van der Waals surface area contributed by atoms with E-state index in [2.05, 4.69) is 102 Å². The van der Waals surface area contributed by atoms with E-state index in [1.807, 2.05) is 60.7 Å². The molecule has 0 N–H and O–H groups in total. The van der Waals surface area contributed by atoms with Crippen LogP contribution in [0, 0.1) is 11.8 Å². The average molecular weight is 512 g/mol. The molecule has 31 heavy (non-hydrogen) atoms. The maximum absolute atomic E-state index is 3.11. The molecule has 0 bridgehead atoms. The highest BCUT2D eigenvalue weighted by atomic mass is 127. The summed E-state index contributed by atoms with van der Waals surface area (Å²) in [6.45, 7) is 2.21. The minimum absolute atomic E-state index is 1.05. The van der Waals surface area contributed by atoms with Crippen LogP contribution in [0.1, 0.15) is 35.6 Å². The smallest absolute Gasteiger partial charge is 0.0249 e. The highest BCUT2D eigenvalue weighted by molar-refractivity contribution is 14.1. The number of halogens is 1. The van der Waals surface area contributed by atoms with Gasteiger partial charge in [0.2, 0.25) is 0 Å².